The highest BCUT2D eigenvalue weighted by Crippen LogP contribution is 2.28. The third kappa shape index (κ3) is 4.90. The van der Waals surface area contributed by atoms with Crippen LogP contribution in [0.5, 0.6) is 0 Å². The molecule has 0 aliphatic carbocycles. The first-order chi connectivity index (χ1) is 13.9. The number of amides is 1. The predicted octanol–water partition coefficient (Wildman–Crippen LogP) is 5.17. The molecule has 3 rings (SSSR count). The van der Waals surface area contributed by atoms with Gasteiger partial charge in [-0.05, 0) is 56.9 Å². The minimum Gasteiger partial charge on any atom is -0.325 e. The largest absolute Gasteiger partial charge is 0.325 e. The van der Waals surface area contributed by atoms with E-state index in [4.69, 9.17) is 0 Å². The van der Waals surface area contributed by atoms with Crippen LogP contribution in [0, 0.1) is 13.8 Å². The Kier molecular flexibility index (Phi) is 7.14. The monoisotopic (exact) mass is 429 g/mol. The molecule has 2 heterocycles. The van der Waals surface area contributed by atoms with Crippen LogP contribution >= 0.6 is 23.1 Å². The molecule has 0 aliphatic heterocycles. The van der Waals surface area contributed by atoms with Crippen LogP contribution in [0.3, 0.4) is 0 Å². The molecule has 0 aliphatic rings. The third-order valence-corrected chi connectivity index (χ3v) is 7.04. The Morgan fingerprint density at radius 1 is 1.21 bits per heavy atom. The third-order valence-electron chi connectivity index (χ3n) is 4.96. The first-order valence-electron chi connectivity index (χ1n) is 9.96. The van der Waals surface area contributed by atoms with E-state index in [1.165, 1.54) is 41.5 Å². The van der Waals surface area contributed by atoms with Crippen LogP contribution in [-0.2, 0) is 17.8 Å². The fourth-order valence-corrected chi connectivity index (χ4v) is 5.09. The van der Waals surface area contributed by atoms with Gasteiger partial charge in [0.05, 0.1) is 11.1 Å². The number of rotatable bonds is 8. The average molecular weight is 430 g/mol. The van der Waals surface area contributed by atoms with Crippen LogP contribution in [0.25, 0.3) is 10.2 Å². The molecule has 0 atom stereocenters. The van der Waals surface area contributed by atoms with E-state index in [1.807, 2.05) is 32.9 Å². The van der Waals surface area contributed by atoms with E-state index < -0.39 is 0 Å². The zero-order valence-electron chi connectivity index (χ0n) is 17.4. The lowest BCUT2D eigenvalue weighted by Gasteiger charge is -2.10. The van der Waals surface area contributed by atoms with Crippen LogP contribution in [-0.4, -0.2) is 21.2 Å². The second-order valence-electron chi connectivity index (χ2n) is 7.04. The van der Waals surface area contributed by atoms with Crippen molar-refractivity contribution >= 4 is 44.9 Å². The average Bonchev–Trinajstić information content (AvgIpc) is 2.99. The van der Waals surface area contributed by atoms with Gasteiger partial charge in [0, 0.05) is 17.1 Å². The number of carbonyl (C=O) groups excluding carboxylic acids is 1. The standard InChI is InChI=1S/C22H27N3O2S2/c1-5-7-8-16-9-11-17(12-10-16)23-18(26)13-28-22-24-20-19(14(3)15(4)29-20)21(27)25(22)6-2/h9-12H,5-8,13H2,1-4H3,(H,23,26). The Balaban J connectivity index is 1.70. The fourth-order valence-electron chi connectivity index (χ4n) is 3.16. The number of carbonyl (C=O) groups is 1. The Labute approximate surface area is 179 Å². The number of fused-ring (bicyclic) bond motifs is 1. The lowest BCUT2D eigenvalue weighted by Crippen LogP contribution is -2.23. The number of nitrogens with one attached hydrogen (secondary N) is 1. The van der Waals surface area contributed by atoms with Crippen LogP contribution in [0.2, 0.25) is 0 Å². The molecule has 0 unspecified atom stereocenters. The zero-order chi connectivity index (χ0) is 21.0. The highest BCUT2D eigenvalue weighted by atomic mass is 32.2. The molecule has 3 aromatic rings. The van der Waals surface area contributed by atoms with Gasteiger partial charge in [0.1, 0.15) is 4.83 Å². The van der Waals surface area contributed by atoms with Crippen molar-refractivity contribution in [1.82, 2.24) is 9.55 Å². The summed E-state index contributed by atoms with van der Waals surface area (Å²) >= 11 is 2.84. The smallest absolute Gasteiger partial charge is 0.263 e. The van der Waals surface area contributed by atoms with Gasteiger partial charge in [-0.15, -0.1) is 11.3 Å². The molecule has 0 saturated heterocycles. The number of aromatic nitrogens is 2. The minimum absolute atomic E-state index is 0.0232. The van der Waals surface area contributed by atoms with E-state index >= 15 is 0 Å². The maximum atomic E-state index is 12.9. The summed E-state index contributed by atoms with van der Waals surface area (Å²) in [4.78, 5) is 31.8. The van der Waals surface area contributed by atoms with Gasteiger partial charge in [-0.25, -0.2) is 4.98 Å². The molecule has 5 nitrogen and oxygen atoms in total. The zero-order valence-corrected chi connectivity index (χ0v) is 19.0. The molecule has 1 aromatic carbocycles. The molecule has 0 radical (unpaired) electrons. The van der Waals surface area contributed by atoms with Gasteiger partial charge >= 0.3 is 0 Å². The summed E-state index contributed by atoms with van der Waals surface area (Å²) in [5.41, 5.74) is 3.05. The Hall–Kier alpha value is -2.12. The maximum Gasteiger partial charge on any atom is 0.263 e. The molecule has 0 saturated carbocycles. The molecule has 7 heteroatoms. The van der Waals surface area contributed by atoms with Crippen molar-refractivity contribution in [3.63, 3.8) is 0 Å². The van der Waals surface area contributed by atoms with Gasteiger partial charge in [-0.2, -0.15) is 0 Å². The molecule has 0 fully saturated rings. The van der Waals surface area contributed by atoms with Gasteiger partial charge in [-0.1, -0.05) is 37.2 Å². The lowest BCUT2D eigenvalue weighted by molar-refractivity contribution is -0.113. The minimum atomic E-state index is -0.105. The van der Waals surface area contributed by atoms with E-state index in [0.717, 1.165) is 27.4 Å². The molecule has 29 heavy (non-hydrogen) atoms. The number of aryl methyl sites for hydroxylation is 3. The number of hydrogen-bond donors (Lipinski definition) is 1. The highest BCUT2D eigenvalue weighted by Gasteiger charge is 2.17. The molecule has 0 bridgehead atoms. The van der Waals surface area contributed by atoms with Gasteiger partial charge < -0.3 is 5.32 Å². The first-order valence-corrected chi connectivity index (χ1v) is 11.8. The fraction of sp³-hybridized carbons (Fsp3) is 0.409. The molecule has 0 spiro atoms. The summed E-state index contributed by atoms with van der Waals surface area (Å²) in [7, 11) is 0. The van der Waals surface area contributed by atoms with E-state index in [9.17, 15) is 9.59 Å². The highest BCUT2D eigenvalue weighted by molar-refractivity contribution is 7.99. The Morgan fingerprint density at radius 3 is 2.59 bits per heavy atom. The van der Waals surface area contributed by atoms with E-state index in [0.29, 0.717) is 17.1 Å². The van der Waals surface area contributed by atoms with Gasteiger partial charge in [-0.3, -0.25) is 14.2 Å². The van der Waals surface area contributed by atoms with Crippen molar-refractivity contribution in [2.75, 3.05) is 11.1 Å². The number of anilines is 1. The second kappa shape index (κ2) is 9.59. The van der Waals surface area contributed by atoms with Crippen molar-refractivity contribution in [3.8, 4) is 0 Å². The van der Waals surface area contributed by atoms with E-state index in [1.54, 1.807) is 4.57 Å². The van der Waals surface area contributed by atoms with Gasteiger partial charge in [0.25, 0.3) is 5.56 Å². The molecule has 1 N–H and O–H groups in total. The molecular weight excluding hydrogens is 402 g/mol. The second-order valence-corrected chi connectivity index (χ2v) is 9.19. The summed E-state index contributed by atoms with van der Waals surface area (Å²) in [6.07, 6.45) is 3.40. The van der Waals surface area contributed by atoms with Gasteiger partial charge in [0.2, 0.25) is 5.91 Å². The van der Waals surface area contributed by atoms with Crippen LogP contribution in [0.15, 0.2) is 34.2 Å². The normalized spacial score (nSPS) is 11.2. The summed E-state index contributed by atoms with van der Waals surface area (Å²) in [6.45, 7) is 8.60. The van der Waals surface area contributed by atoms with Crippen LogP contribution in [0.1, 0.15) is 42.7 Å². The predicted molar refractivity (Wildman–Crippen MR) is 123 cm³/mol. The SMILES string of the molecule is CCCCc1ccc(NC(=O)CSc2nc3sc(C)c(C)c3c(=O)n2CC)cc1. The van der Waals surface area contributed by atoms with Crippen molar-refractivity contribution in [1.29, 1.82) is 0 Å². The van der Waals surface area contributed by atoms with E-state index in [2.05, 4.69) is 29.4 Å². The number of unbranched alkanes of at least 4 members (excludes halogenated alkanes) is 1. The summed E-state index contributed by atoms with van der Waals surface area (Å²) in [6, 6.07) is 8.00. The van der Waals surface area contributed by atoms with Gasteiger partial charge in [0.15, 0.2) is 5.16 Å². The van der Waals surface area contributed by atoms with Crippen molar-refractivity contribution in [2.24, 2.45) is 0 Å². The molecular formula is C22H27N3O2S2. The van der Waals surface area contributed by atoms with E-state index in [-0.39, 0.29) is 17.2 Å². The molecule has 1 amide bonds. The number of thiophene rings is 1. The number of thioether (sulfide) groups is 1. The quantitative estimate of drug-likeness (QED) is 0.396. The summed E-state index contributed by atoms with van der Waals surface area (Å²) < 4.78 is 1.65. The Bertz CT molecular complexity index is 1070. The van der Waals surface area contributed by atoms with Crippen molar-refractivity contribution in [2.45, 2.75) is 58.7 Å². The number of benzene rings is 1. The lowest BCUT2D eigenvalue weighted by atomic mass is 10.1. The maximum absolute atomic E-state index is 12.9. The molecule has 154 valence electrons. The Morgan fingerprint density at radius 2 is 1.93 bits per heavy atom. The van der Waals surface area contributed by atoms with Crippen molar-refractivity contribution in [3.05, 3.63) is 50.6 Å². The number of nitrogens with zero attached hydrogens (tertiary/aromatic N) is 2. The topological polar surface area (TPSA) is 64.0 Å². The summed E-state index contributed by atoms with van der Waals surface area (Å²) in [5, 5.41) is 4.22. The first kappa shape index (κ1) is 21.6. The van der Waals surface area contributed by atoms with Crippen molar-refractivity contribution < 1.29 is 4.79 Å². The molecule has 2 aromatic heterocycles. The van der Waals surface area contributed by atoms with Crippen LogP contribution < -0.4 is 10.9 Å². The number of hydrogen-bond acceptors (Lipinski definition) is 5. The van der Waals surface area contributed by atoms with Crippen LogP contribution in [0.4, 0.5) is 5.69 Å². The summed E-state index contributed by atoms with van der Waals surface area (Å²) in [5.74, 6) is 0.102.